The Balaban J connectivity index is 1.45. The number of amides is 1. The summed E-state index contributed by atoms with van der Waals surface area (Å²) < 4.78 is 38.4. The molecule has 8 nitrogen and oxygen atoms in total. The first-order valence-corrected chi connectivity index (χ1v) is 13.2. The Morgan fingerprint density at radius 1 is 1.06 bits per heavy atom. The Hall–Kier alpha value is -3.14. The summed E-state index contributed by atoms with van der Waals surface area (Å²) in [6.07, 6.45) is 4.96. The summed E-state index contributed by atoms with van der Waals surface area (Å²) in [6, 6.07) is 17.4. The fourth-order valence-corrected chi connectivity index (χ4v) is 5.31. The lowest BCUT2D eigenvalue weighted by Gasteiger charge is -2.35. The number of carbonyl (C=O) groups is 1. The number of nitrogens with zero attached hydrogens (tertiary/aromatic N) is 1. The van der Waals surface area contributed by atoms with E-state index in [0.29, 0.717) is 12.3 Å². The van der Waals surface area contributed by atoms with Gasteiger partial charge in [-0.3, -0.25) is 9.69 Å². The van der Waals surface area contributed by atoms with E-state index in [0.717, 1.165) is 37.2 Å². The number of ether oxygens (including phenoxy) is 1. The van der Waals surface area contributed by atoms with Gasteiger partial charge in [0.05, 0.1) is 30.9 Å². The zero-order chi connectivity index (χ0) is 24.7. The van der Waals surface area contributed by atoms with E-state index in [1.165, 1.54) is 24.8 Å². The molecule has 4 rings (SSSR count). The van der Waals surface area contributed by atoms with Crippen molar-refractivity contribution in [3.8, 4) is 5.75 Å². The third-order valence-electron chi connectivity index (χ3n) is 6.21. The van der Waals surface area contributed by atoms with E-state index in [4.69, 9.17) is 9.15 Å². The second-order valence-electron chi connectivity index (χ2n) is 8.53. The molecule has 9 heteroatoms. The first-order chi connectivity index (χ1) is 17.0. The zero-order valence-electron chi connectivity index (χ0n) is 19.8. The van der Waals surface area contributed by atoms with Crippen LogP contribution in [-0.2, 0) is 16.6 Å². The maximum atomic E-state index is 13.0. The molecule has 1 aliphatic heterocycles. The van der Waals surface area contributed by atoms with E-state index >= 15 is 0 Å². The van der Waals surface area contributed by atoms with Gasteiger partial charge in [0.15, 0.2) is 0 Å². The van der Waals surface area contributed by atoms with E-state index < -0.39 is 10.0 Å². The van der Waals surface area contributed by atoms with Crippen LogP contribution in [-0.4, -0.2) is 46.0 Å². The largest absolute Gasteiger partial charge is 0.497 e. The molecule has 0 aliphatic carbocycles. The van der Waals surface area contributed by atoms with Crippen LogP contribution in [0.2, 0.25) is 0 Å². The van der Waals surface area contributed by atoms with Gasteiger partial charge in [0.2, 0.25) is 10.0 Å². The number of hydrogen-bond donors (Lipinski definition) is 2. The number of nitrogens with one attached hydrogen (secondary N) is 2. The van der Waals surface area contributed by atoms with Gasteiger partial charge in [-0.1, -0.05) is 24.6 Å². The average Bonchev–Trinajstić information content (AvgIpc) is 3.43. The number of hydrogen-bond acceptors (Lipinski definition) is 6. The van der Waals surface area contributed by atoms with Gasteiger partial charge in [-0.05, 0) is 74.0 Å². The molecule has 1 amide bonds. The lowest BCUT2D eigenvalue weighted by Crippen LogP contribution is -2.40. The lowest BCUT2D eigenvalue weighted by molar-refractivity contribution is 0.0924. The Bertz CT molecular complexity index is 1200. The van der Waals surface area contributed by atoms with Crippen molar-refractivity contribution >= 4 is 15.9 Å². The highest BCUT2D eigenvalue weighted by atomic mass is 32.2. The first kappa shape index (κ1) is 25.0. The monoisotopic (exact) mass is 497 g/mol. The normalized spacial score (nSPS) is 15.5. The molecule has 0 spiro atoms. The SMILES string of the molecule is COc1ccc(C(CNC(=O)c2cccc(S(=O)(=O)NCc3ccco3)c2)N2CCCCC2)cc1. The third kappa shape index (κ3) is 6.50. The van der Waals surface area contributed by atoms with Crippen molar-refractivity contribution in [2.24, 2.45) is 0 Å². The molecule has 1 aromatic heterocycles. The molecular formula is C26H31N3O5S. The highest BCUT2D eigenvalue weighted by Gasteiger charge is 2.24. The van der Waals surface area contributed by atoms with Crippen molar-refractivity contribution in [2.75, 3.05) is 26.7 Å². The topological polar surface area (TPSA) is 101 Å². The Kier molecular flexibility index (Phi) is 8.22. The molecule has 1 fully saturated rings. The smallest absolute Gasteiger partial charge is 0.251 e. The van der Waals surface area contributed by atoms with Gasteiger partial charge in [0.25, 0.3) is 5.91 Å². The molecule has 0 radical (unpaired) electrons. The van der Waals surface area contributed by atoms with Gasteiger partial charge in [-0.2, -0.15) is 0 Å². The number of methoxy groups -OCH3 is 1. The Morgan fingerprint density at radius 2 is 1.83 bits per heavy atom. The molecule has 35 heavy (non-hydrogen) atoms. The quantitative estimate of drug-likeness (QED) is 0.443. The van der Waals surface area contributed by atoms with Crippen LogP contribution in [0.5, 0.6) is 5.75 Å². The van der Waals surface area contributed by atoms with E-state index in [2.05, 4.69) is 14.9 Å². The predicted molar refractivity (Wildman–Crippen MR) is 133 cm³/mol. The van der Waals surface area contributed by atoms with Gasteiger partial charge in [0, 0.05) is 12.1 Å². The summed E-state index contributed by atoms with van der Waals surface area (Å²) in [7, 11) is -2.16. The summed E-state index contributed by atoms with van der Waals surface area (Å²) in [5.41, 5.74) is 1.39. The van der Waals surface area contributed by atoms with Crippen molar-refractivity contribution in [1.82, 2.24) is 14.9 Å². The molecule has 2 aromatic carbocycles. The number of rotatable bonds is 10. The van der Waals surface area contributed by atoms with Crippen molar-refractivity contribution in [2.45, 2.75) is 36.7 Å². The van der Waals surface area contributed by atoms with Gasteiger partial charge in [0.1, 0.15) is 11.5 Å². The molecule has 0 saturated carbocycles. The highest BCUT2D eigenvalue weighted by molar-refractivity contribution is 7.89. The number of sulfonamides is 1. The maximum absolute atomic E-state index is 13.0. The van der Waals surface area contributed by atoms with Crippen molar-refractivity contribution in [1.29, 1.82) is 0 Å². The summed E-state index contributed by atoms with van der Waals surface area (Å²) in [5.74, 6) is 0.974. The Morgan fingerprint density at radius 3 is 2.51 bits per heavy atom. The minimum absolute atomic E-state index is 0.0204. The number of carbonyl (C=O) groups excluding carboxylic acids is 1. The van der Waals surface area contributed by atoms with Crippen LogP contribution in [0.15, 0.2) is 76.2 Å². The van der Waals surface area contributed by atoms with Crippen molar-refractivity contribution < 1.29 is 22.4 Å². The van der Waals surface area contributed by atoms with Crippen LogP contribution >= 0.6 is 0 Å². The average molecular weight is 498 g/mol. The van der Waals surface area contributed by atoms with Crippen molar-refractivity contribution in [3.05, 3.63) is 83.8 Å². The summed E-state index contributed by atoms with van der Waals surface area (Å²) in [5, 5.41) is 3.01. The molecule has 1 saturated heterocycles. The minimum atomic E-state index is -3.80. The second-order valence-corrected chi connectivity index (χ2v) is 10.3. The molecule has 186 valence electrons. The van der Waals surface area contributed by atoms with Crippen LogP contribution < -0.4 is 14.8 Å². The predicted octanol–water partition coefficient (Wildman–Crippen LogP) is 3.72. The number of furan rings is 1. The molecule has 2 N–H and O–H groups in total. The van der Waals surface area contributed by atoms with Gasteiger partial charge < -0.3 is 14.5 Å². The van der Waals surface area contributed by atoms with Gasteiger partial charge in [-0.25, -0.2) is 13.1 Å². The van der Waals surface area contributed by atoms with E-state index in [1.54, 1.807) is 31.4 Å². The van der Waals surface area contributed by atoms with Crippen LogP contribution in [0, 0.1) is 0 Å². The molecule has 1 unspecified atom stereocenters. The number of benzene rings is 2. The van der Waals surface area contributed by atoms with Gasteiger partial charge >= 0.3 is 0 Å². The fourth-order valence-electron chi connectivity index (χ4n) is 4.27. The van der Waals surface area contributed by atoms with Crippen LogP contribution in [0.4, 0.5) is 0 Å². The highest BCUT2D eigenvalue weighted by Crippen LogP contribution is 2.26. The third-order valence-corrected chi connectivity index (χ3v) is 7.61. The van der Waals surface area contributed by atoms with Gasteiger partial charge in [-0.15, -0.1) is 0 Å². The fraction of sp³-hybridized carbons (Fsp3) is 0.346. The van der Waals surface area contributed by atoms with Crippen LogP contribution in [0.3, 0.4) is 0 Å². The van der Waals surface area contributed by atoms with Crippen molar-refractivity contribution in [3.63, 3.8) is 0 Å². The number of likely N-dealkylation sites (tertiary alicyclic amines) is 1. The maximum Gasteiger partial charge on any atom is 0.251 e. The molecule has 1 aliphatic rings. The van der Waals surface area contributed by atoms with Crippen LogP contribution in [0.25, 0.3) is 0 Å². The molecule has 2 heterocycles. The van der Waals surface area contributed by atoms with Crippen LogP contribution in [0.1, 0.15) is 47.0 Å². The number of piperidine rings is 1. The Labute approximate surface area is 206 Å². The molecule has 0 bridgehead atoms. The summed E-state index contributed by atoms with van der Waals surface area (Å²) in [6.45, 7) is 2.40. The second kappa shape index (κ2) is 11.5. The van der Waals surface area contributed by atoms with E-state index in [9.17, 15) is 13.2 Å². The van der Waals surface area contributed by atoms with E-state index in [-0.39, 0.29) is 29.0 Å². The molecule has 3 aromatic rings. The minimum Gasteiger partial charge on any atom is -0.497 e. The lowest BCUT2D eigenvalue weighted by atomic mass is 10.0. The molecular weight excluding hydrogens is 466 g/mol. The first-order valence-electron chi connectivity index (χ1n) is 11.7. The summed E-state index contributed by atoms with van der Waals surface area (Å²) >= 11 is 0. The zero-order valence-corrected chi connectivity index (χ0v) is 20.6. The molecule has 1 atom stereocenters. The summed E-state index contributed by atoms with van der Waals surface area (Å²) in [4.78, 5) is 15.4. The van der Waals surface area contributed by atoms with E-state index in [1.807, 2.05) is 24.3 Å². The standard InChI is InChI=1S/C26H31N3O5S/c1-33-22-12-10-20(11-13-22)25(29-14-3-2-4-15-29)19-27-26(30)21-7-5-9-24(17-21)35(31,32)28-18-23-8-6-16-34-23/h5-13,16-17,25,28H,2-4,14-15,18-19H2,1H3,(H,27,30).